The maximum absolute atomic E-state index is 15.1. The van der Waals surface area contributed by atoms with Gasteiger partial charge < -0.3 is 10.1 Å². The number of anilines is 2. The number of rotatable bonds is 4. The summed E-state index contributed by atoms with van der Waals surface area (Å²) in [7, 11) is 0. The highest BCUT2D eigenvalue weighted by molar-refractivity contribution is 9.10. The van der Waals surface area contributed by atoms with Gasteiger partial charge in [-0.15, -0.1) is 0 Å². The predicted molar refractivity (Wildman–Crippen MR) is 140 cm³/mol. The fraction of sp³-hybridized carbons (Fsp3) is 0.222. The Hall–Kier alpha value is -3.23. The molecule has 0 atom stereocenters. The van der Waals surface area contributed by atoms with Gasteiger partial charge in [-0.25, -0.2) is 13.8 Å². The van der Waals surface area contributed by atoms with Crippen molar-refractivity contribution in [3.05, 3.63) is 82.2 Å². The van der Waals surface area contributed by atoms with Crippen molar-refractivity contribution in [2.75, 3.05) is 18.5 Å². The van der Waals surface area contributed by atoms with E-state index in [4.69, 9.17) is 4.74 Å². The van der Waals surface area contributed by atoms with Crippen LogP contribution in [0.4, 0.5) is 20.2 Å². The average Bonchev–Trinajstić information content (AvgIpc) is 2.88. The summed E-state index contributed by atoms with van der Waals surface area (Å²) in [4.78, 5) is 13.6. The molecule has 5 nitrogen and oxygen atoms in total. The smallest absolute Gasteiger partial charge is 0.137 e. The fourth-order valence-corrected chi connectivity index (χ4v) is 4.31. The molecule has 0 radical (unpaired) electrons. The van der Waals surface area contributed by atoms with E-state index in [0.717, 1.165) is 28.2 Å². The zero-order chi connectivity index (χ0) is 24.9. The maximum Gasteiger partial charge on any atom is 0.137 e. The van der Waals surface area contributed by atoms with Gasteiger partial charge in [0.1, 0.15) is 11.6 Å². The molecule has 5 rings (SSSR count). The van der Waals surface area contributed by atoms with E-state index in [1.807, 2.05) is 45.0 Å². The van der Waals surface area contributed by atoms with Crippen molar-refractivity contribution in [2.24, 2.45) is 0 Å². The van der Waals surface area contributed by atoms with Gasteiger partial charge >= 0.3 is 0 Å². The second-order valence-corrected chi connectivity index (χ2v) is 8.60. The number of hydrogen-bond acceptors (Lipinski definition) is 5. The highest BCUT2D eigenvalue weighted by Crippen LogP contribution is 2.38. The van der Waals surface area contributed by atoms with Crippen LogP contribution in [-0.2, 0) is 4.74 Å². The van der Waals surface area contributed by atoms with Gasteiger partial charge in [-0.05, 0) is 53.0 Å². The summed E-state index contributed by atoms with van der Waals surface area (Å²) in [6.07, 6.45) is 6.10. The van der Waals surface area contributed by atoms with Crippen LogP contribution < -0.4 is 5.32 Å². The lowest BCUT2D eigenvalue weighted by atomic mass is 10.0. The van der Waals surface area contributed by atoms with E-state index < -0.39 is 11.6 Å². The molecule has 0 aliphatic carbocycles. The Balaban J connectivity index is 0.00000141. The molecule has 0 unspecified atom stereocenters. The second kappa shape index (κ2) is 11.0. The van der Waals surface area contributed by atoms with Crippen molar-refractivity contribution < 1.29 is 13.5 Å². The molecular weight excluding hydrogens is 514 g/mol. The Bertz CT molecular complexity index is 1390. The first-order chi connectivity index (χ1) is 17.0. The lowest BCUT2D eigenvalue weighted by Crippen LogP contribution is -2.08. The zero-order valence-corrected chi connectivity index (χ0v) is 21.3. The molecule has 1 aliphatic heterocycles. The Labute approximate surface area is 211 Å². The van der Waals surface area contributed by atoms with E-state index in [-0.39, 0.29) is 10.9 Å². The van der Waals surface area contributed by atoms with Crippen molar-refractivity contribution in [2.45, 2.75) is 27.2 Å². The molecule has 0 saturated heterocycles. The SMILES string of the molecule is CC.Cc1c(-c2ccccn2)nc2cc(F)cc(F)c2c1Nc1cc(Br)cnc1C1=CCOCC1. The average molecular weight is 539 g/mol. The molecule has 0 spiro atoms. The maximum atomic E-state index is 15.1. The van der Waals surface area contributed by atoms with Crippen LogP contribution in [0.15, 0.2) is 59.3 Å². The molecule has 0 bridgehead atoms. The Morgan fingerprint density at radius 2 is 1.89 bits per heavy atom. The molecule has 35 heavy (non-hydrogen) atoms. The van der Waals surface area contributed by atoms with Crippen molar-refractivity contribution in [3.8, 4) is 11.4 Å². The minimum absolute atomic E-state index is 0.205. The molecule has 8 heteroatoms. The van der Waals surface area contributed by atoms with Gasteiger partial charge in [0.25, 0.3) is 0 Å². The van der Waals surface area contributed by atoms with Crippen LogP contribution in [0.1, 0.15) is 31.5 Å². The predicted octanol–water partition coefficient (Wildman–Crippen LogP) is 7.61. The van der Waals surface area contributed by atoms with Gasteiger partial charge in [-0.3, -0.25) is 9.97 Å². The Morgan fingerprint density at radius 3 is 2.60 bits per heavy atom. The third-order valence-corrected chi connectivity index (χ3v) is 5.97. The van der Waals surface area contributed by atoms with Crippen molar-refractivity contribution in [1.29, 1.82) is 0 Å². The van der Waals surface area contributed by atoms with Gasteiger partial charge in [-0.2, -0.15) is 0 Å². The first-order valence-electron chi connectivity index (χ1n) is 11.4. The normalized spacial score (nSPS) is 13.1. The van der Waals surface area contributed by atoms with Gasteiger partial charge in [0, 0.05) is 34.6 Å². The van der Waals surface area contributed by atoms with Gasteiger partial charge in [0.05, 0.1) is 52.6 Å². The van der Waals surface area contributed by atoms with Crippen molar-refractivity contribution >= 4 is 43.8 Å². The van der Waals surface area contributed by atoms with Crippen LogP contribution in [0.3, 0.4) is 0 Å². The molecule has 4 aromatic rings. The first-order valence-corrected chi connectivity index (χ1v) is 12.2. The molecule has 1 aromatic carbocycles. The summed E-state index contributed by atoms with van der Waals surface area (Å²) in [5, 5.41) is 3.60. The monoisotopic (exact) mass is 538 g/mol. The highest BCUT2D eigenvalue weighted by atomic mass is 79.9. The van der Waals surface area contributed by atoms with Gasteiger partial charge in [0.15, 0.2) is 0 Å². The summed E-state index contributed by atoms with van der Waals surface area (Å²) in [5.74, 6) is -1.38. The van der Waals surface area contributed by atoms with E-state index in [9.17, 15) is 4.39 Å². The number of benzene rings is 1. The van der Waals surface area contributed by atoms with E-state index in [0.29, 0.717) is 41.5 Å². The molecule has 0 saturated carbocycles. The van der Waals surface area contributed by atoms with Crippen LogP contribution in [0.25, 0.3) is 27.9 Å². The highest BCUT2D eigenvalue weighted by Gasteiger charge is 2.21. The van der Waals surface area contributed by atoms with E-state index >= 15 is 4.39 Å². The molecular formula is C27H25BrF2N4O. The molecule has 1 aliphatic rings. The largest absolute Gasteiger partial charge is 0.377 e. The lowest BCUT2D eigenvalue weighted by molar-refractivity contribution is 0.161. The number of pyridine rings is 3. The number of aromatic nitrogens is 3. The third-order valence-electron chi connectivity index (χ3n) is 5.54. The summed E-state index contributed by atoms with van der Waals surface area (Å²) in [5.41, 5.74) is 5.05. The lowest BCUT2D eigenvalue weighted by Gasteiger charge is -2.20. The van der Waals surface area contributed by atoms with Crippen molar-refractivity contribution in [3.63, 3.8) is 0 Å². The van der Waals surface area contributed by atoms with Gasteiger partial charge in [-0.1, -0.05) is 26.0 Å². The third kappa shape index (κ3) is 5.23. The number of nitrogens with zero attached hydrogens (tertiary/aromatic N) is 3. The number of nitrogens with one attached hydrogen (secondary N) is 1. The Kier molecular flexibility index (Phi) is 7.83. The summed E-state index contributed by atoms with van der Waals surface area (Å²) >= 11 is 3.48. The van der Waals surface area contributed by atoms with Crippen LogP contribution in [-0.4, -0.2) is 28.2 Å². The van der Waals surface area contributed by atoms with Crippen LogP contribution >= 0.6 is 15.9 Å². The van der Waals surface area contributed by atoms with E-state index in [2.05, 4.69) is 36.2 Å². The Morgan fingerprint density at radius 1 is 1.06 bits per heavy atom. The topological polar surface area (TPSA) is 59.9 Å². The minimum Gasteiger partial charge on any atom is -0.377 e. The standard InChI is InChI=1S/C25H19BrF2N4O.C2H6/c1-14-23(19-4-2-3-7-29-19)31-20-12-17(27)11-18(28)22(20)24(14)32-21-10-16(26)13-30-25(21)15-5-8-33-9-6-15;1-2/h2-5,7,10-13H,6,8-9H2,1H3,(H,31,32);1-2H3. The number of hydrogen-bond donors (Lipinski definition) is 1. The number of ether oxygens (including phenoxy) is 1. The molecule has 180 valence electrons. The van der Waals surface area contributed by atoms with Crippen LogP contribution in [0, 0.1) is 18.6 Å². The molecule has 4 heterocycles. The summed E-state index contributed by atoms with van der Waals surface area (Å²) < 4.78 is 35.4. The van der Waals surface area contributed by atoms with Crippen molar-refractivity contribution in [1.82, 2.24) is 15.0 Å². The first kappa shape index (κ1) is 24.9. The quantitative estimate of drug-likeness (QED) is 0.289. The second-order valence-electron chi connectivity index (χ2n) is 7.69. The van der Waals surface area contributed by atoms with Gasteiger partial charge in [0.2, 0.25) is 0 Å². The van der Waals surface area contributed by atoms with Crippen LogP contribution in [0.2, 0.25) is 0 Å². The zero-order valence-electron chi connectivity index (χ0n) is 19.7. The molecule has 3 aromatic heterocycles. The number of fused-ring (bicyclic) bond motifs is 1. The molecule has 0 amide bonds. The van der Waals surface area contributed by atoms with E-state index in [1.54, 1.807) is 18.5 Å². The molecule has 0 fully saturated rings. The summed E-state index contributed by atoms with van der Waals surface area (Å²) in [6.45, 7) is 6.97. The van der Waals surface area contributed by atoms with Crippen LogP contribution in [0.5, 0.6) is 0 Å². The van der Waals surface area contributed by atoms with E-state index in [1.165, 1.54) is 6.07 Å². The summed E-state index contributed by atoms with van der Waals surface area (Å²) in [6, 6.07) is 9.47. The minimum atomic E-state index is -0.689. The number of halogens is 3. The molecule has 1 N–H and O–H groups in total. The fourth-order valence-electron chi connectivity index (χ4n) is 3.98.